The normalized spacial score (nSPS) is 17.2. The molecule has 1 N–H and O–H groups in total. The zero-order chi connectivity index (χ0) is 13.7. The Bertz CT molecular complexity index is 425. The maximum atomic E-state index is 12.2. The van der Waals surface area contributed by atoms with E-state index in [1.165, 1.54) is 12.8 Å². The molecular weight excluding hydrogens is 238 g/mol. The second-order valence-electron chi connectivity index (χ2n) is 5.32. The second-order valence-corrected chi connectivity index (χ2v) is 5.32. The number of nitrogens with one attached hydrogen (secondary N) is 1. The van der Waals surface area contributed by atoms with Crippen molar-refractivity contribution in [1.29, 1.82) is 0 Å². The van der Waals surface area contributed by atoms with Gasteiger partial charge in [-0.1, -0.05) is 31.9 Å². The van der Waals surface area contributed by atoms with Gasteiger partial charge in [0, 0.05) is 6.04 Å². The summed E-state index contributed by atoms with van der Waals surface area (Å²) < 4.78 is 5.80. The number of carbonyl (C=O) groups excluding carboxylic acids is 1. The predicted molar refractivity (Wildman–Crippen MR) is 76.3 cm³/mol. The van der Waals surface area contributed by atoms with Gasteiger partial charge in [-0.25, -0.2) is 0 Å². The number of carbonyl (C=O) groups is 1. The van der Waals surface area contributed by atoms with E-state index >= 15 is 0 Å². The molecule has 1 atom stereocenters. The van der Waals surface area contributed by atoms with E-state index in [1.54, 1.807) is 0 Å². The van der Waals surface area contributed by atoms with E-state index < -0.39 is 0 Å². The SMILES string of the molecule is CC[C@H](Oc1cccc(C)c1)C(=O)NC1CCCC1. The average molecular weight is 261 g/mol. The highest BCUT2D eigenvalue weighted by Crippen LogP contribution is 2.19. The molecule has 104 valence electrons. The van der Waals surface area contributed by atoms with Crippen LogP contribution >= 0.6 is 0 Å². The molecule has 3 heteroatoms. The topological polar surface area (TPSA) is 38.3 Å². The zero-order valence-electron chi connectivity index (χ0n) is 11.8. The van der Waals surface area contributed by atoms with Gasteiger partial charge in [0.15, 0.2) is 6.10 Å². The molecule has 1 aliphatic rings. The molecule has 0 saturated heterocycles. The van der Waals surface area contributed by atoms with Gasteiger partial charge < -0.3 is 10.1 Å². The Morgan fingerprint density at radius 2 is 2.16 bits per heavy atom. The molecule has 1 saturated carbocycles. The first-order chi connectivity index (χ1) is 9.19. The summed E-state index contributed by atoms with van der Waals surface area (Å²) in [6.07, 6.45) is 4.95. The van der Waals surface area contributed by atoms with Gasteiger partial charge in [0.2, 0.25) is 0 Å². The summed E-state index contributed by atoms with van der Waals surface area (Å²) in [7, 11) is 0. The van der Waals surface area contributed by atoms with Gasteiger partial charge in [0.1, 0.15) is 5.75 Å². The minimum Gasteiger partial charge on any atom is -0.481 e. The van der Waals surface area contributed by atoms with Crippen LogP contribution in [-0.2, 0) is 4.79 Å². The summed E-state index contributed by atoms with van der Waals surface area (Å²) in [6.45, 7) is 4.00. The molecule has 1 fully saturated rings. The van der Waals surface area contributed by atoms with E-state index in [9.17, 15) is 4.79 Å². The molecule has 0 aliphatic heterocycles. The summed E-state index contributed by atoms with van der Waals surface area (Å²) in [6, 6.07) is 8.19. The van der Waals surface area contributed by atoms with E-state index in [4.69, 9.17) is 4.74 Å². The Labute approximate surface area is 115 Å². The molecule has 0 aromatic heterocycles. The van der Waals surface area contributed by atoms with Crippen molar-refractivity contribution in [3.05, 3.63) is 29.8 Å². The van der Waals surface area contributed by atoms with E-state index in [0.717, 1.165) is 24.2 Å². The lowest BCUT2D eigenvalue weighted by molar-refractivity contribution is -0.128. The first-order valence-electron chi connectivity index (χ1n) is 7.22. The van der Waals surface area contributed by atoms with Crippen LogP contribution in [0.4, 0.5) is 0 Å². The summed E-state index contributed by atoms with van der Waals surface area (Å²) in [5.41, 5.74) is 1.14. The summed E-state index contributed by atoms with van der Waals surface area (Å²) >= 11 is 0. The maximum absolute atomic E-state index is 12.2. The molecule has 0 spiro atoms. The molecule has 1 aromatic rings. The number of rotatable bonds is 5. The summed E-state index contributed by atoms with van der Waals surface area (Å²) in [4.78, 5) is 12.2. The fourth-order valence-corrected chi connectivity index (χ4v) is 2.54. The fourth-order valence-electron chi connectivity index (χ4n) is 2.54. The number of benzene rings is 1. The van der Waals surface area contributed by atoms with Crippen molar-refractivity contribution in [2.45, 2.75) is 58.1 Å². The highest BCUT2D eigenvalue weighted by molar-refractivity contribution is 5.81. The van der Waals surface area contributed by atoms with Gasteiger partial charge in [0.25, 0.3) is 5.91 Å². The minimum absolute atomic E-state index is 0.0240. The molecule has 0 radical (unpaired) electrons. The first kappa shape index (κ1) is 13.9. The molecule has 0 heterocycles. The summed E-state index contributed by atoms with van der Waals surface area (Å²) in [5.74, 6) is 0.796. The minimum atomic E-state index is -0.387. The van der Waals surface area contributed by atoms with Crippen LogP contribution in [0, 0.1) is 6.92 Å². The summed E-state index contributed by atoms with van der Waals surface area (Å²) in [5, 5.41) is 3.10. The van der Waals surface area contributed by atoms with Gasteiger partial charge in [0.05, 0.1) is 0 Å². The van der Waals surface area contributed by atoms with E-state index in [1.807, 2.05) is 38.1 Å². The van der Waals surface area contributed by atoms with Crippen LogP contribution in [0.2, 0.25) is 0 Å². The van der Waals surface area contributed by atoms with Gasteiger partial charge >= 0.3 is 0 Å². The largest absolute Gasteiger partial charge is 0.481 e. The lowest BCUT2D eigenvalue weighted by Gasteiger charge is -2.20. The molecule has 3 nitrogen and oxygen atoms in total. The number of aryl methyl sites for hydroxylation is 1. The molecule has 0 bridgehead atoms. The van der Waals surface area contributed by atoms with Crippen molar-refractivity contribution in [3.63, 3.8) is 0 Å². The predicted octanol–water partition coefficient (Wildman–Crippen LogP) is 3.21. The van der Waals surface area contributed by atoms with Crippen LogP contribution in [0.5, 0.6) is 5.75 Å². The van der Waals surface area contributed by atoms with Crippen molar-refractivity contribution in [3.8, 4) is 5.75 Å². The highest BCUT2D eigenvalue weighted by atomic mass is 16.5. The van der Waals surface area contributed by atoms with Crippen molar-refractivity contribution >= 4 is 5.91 Å². The third-order valence-electron chi connectivity index (χ3n) is 3.63. The number of amides is 1. The molecule has 1 aromatic carbocycles. The number of hydrogen-bond donors (Lipinski definition) is 1. The first-order valence-corrected chi connectivity index (χ1v) is 7.22. The van der Waals surface area contributed by atoms with Crippen LogP contribution in [0.1, 0.15) is 44.6 Å². The Balaban J connectivity index is 1.93. The molecular formula is C16H23NO2. The molecule has 19 heavy (non-hydrogen) atoms. The van der Waals surface area contributed by atoms with Gasteiger partial charge in [-0.3, -0.25) is 4.79 Å². The van der Waals surface area contributed by atoms with Crippen LogP contribution < -0.4 is 10.1 Å². The van der Waals surface area contributed by atoms with Crippen molar-refractivity contribution < 1.29 is 9.53 Å². The Hall–Kier alpha value is -1.51. The maximum Gasteiger partial charge on any atom is 0.261 e. The Morgan fingerprint density at radius 3 is 2.79 bits per heavy atom. The quantitative estimate of drug-likeness (QED) is 0.884. The molecule has 1 aliphatic carbocycles. The number of ether oxygens (including phenoxy) is 1. The van der Waals surface area contributed by atoms with Crippen molar-refractivity contribution in [1.82, 2.24) is 5.32 Å². The second kappa shape index (κ2) is 6.60. The van der Waals surface area contributed by atoms with Gasteiger partial charge in [-0.2, -0.15) is 0 Å². The van der Waals surface area contributed by atoms with E-state index in [-0.39, 0.29) is 12.0 Å². The lowest BCUT2D eigenvalue weighted by atomic mass is 10.2. The highest BCUT2D eigenvalue weighted by Gasteiger charge is 2.23. The van der Waals surface area contributed by atoms with Crippen LogP contribution in [-0.4, -0.2) is 18.1 Å². The van der Waals surface area contributed by atoms with Crippen LogP contribution in [0.3, 0.4) is 0 Å². The molecule has 1 amide bonds. The Kier molecular flexibility index (Phi) is 4.83. The van der Waals surface area contributed by atoms with E-state index in [2.05, 4.69) is 5.32 Å². The molecule has 0 unspecified atom stereocenters. The average Bonchev–Trinajstić information content (AvgIpc) is 2.88. The number of hydrogen-bond acceptors (Lipinski definition) is 2. The monoisotopic (exact) mass is 261 g/mol. The fraction of sp³-hybridized carbons (Fsp3) is 0.562. The van der Waals surface area contributed by atoms with Crippen LogP contribution in [0.25, 0.3) is 0 Å². The van der Waals surface area contributed by atoms with Gasteiger partial charge in [-0.15, -0.1) is 0 Å². The zero-order valence-corrected chi connectivity index (χ0v) is 11.8. The third-order valence-corrected chi connectivity index (χ3v) is 3.63. The Morgan fingerprint density at radius 1 is 1.42 bits per heavy atom. The standard InChI is InChI=1S/C16H23NO2/c1-3-15(16(18)17-13-8-4-5-9-13)19-14-10-6-7-12(2)11-14/h6-7,10-11,13,15H,3-5,8-9H2,1-2H3,(H,17,18)/t15-/m0/s1. The van der Waals surface area contributed by atoms with Gasteiger partial charge in [-0.05, 0) is 43.9 Å². The van der Waals surface area contributed by atoms with Crippen molar-refractivity contribution in [2.75, 3.05) is 0 Å². The third kappa shape index (κ3) is 3.98. The molecule has 2 rings (SSSR count). The van der Waals surface area contributed by atoms with Crippen LogP contribution in [0.15, 0.2) is 24.3 Å². The van der Waals surface area contributed by atoms with Crippen molar-refractivity contribution in [2.24, 2.45) is 0 Å². The van der Waals surface area contributed by atoms with E-state index in [0.29, 0.717) is 12.5 Å². The lowest BCUT2D eigenvalue weighted by Crippen LogP contribution is -2.42. The smallest absolute Gasteiger partial charge is 0.261 e.